The van der Waals surface area contributed by atoms with E-state index in [1.165, 1.54) is 12.8 Å². The highest BCUT2D eigenvalue weighted by Crippen LogP contribution is 2.22. The van der Waals surface area contributed by atoms with E-state index < -0.39 is 0 Å². The van der Waals surface area contributed by atoms with Gasteiger partial charge in [-0.15, -0.1) is 0 Å². The molecule has 0 aliphatic carbocycles. The Kier molecular flexibility index (Phi) is 7.27. The van der Waals surface area contributed by atoms with Crippen molar-refractivity contribution in [1.29, 1.82) is 0 Å². The molecule has 0 radical (unpaired) electrons. The van der Waals surface area contributed by atoms with Crippen LogP contribution in [0.3, 0.4) is 0 Å². The molecule has 0 aliphatic heterocycles. The second-order valence-corrected chi connectivity index (χ2v) is 5.65. The van der Waals surface area contributed by atoms with E-state index >= 15 is 0 Å². The number of hydrogen-bond donors (Lipinski definition) is 0. The standard InChI is InChI=1S/C13H23BrClN3/c1-4-6-8-17(9-7-14)10-12-13(15)11(3)16-18(12)5-2/h4-10H2,1-3H3. The molecule has 3 nitrogen and oxygen atoms in total. The predicted molar refractivity (Wildman–Crippen MR) is 81.6 cm³/mol. The molecule has 0 fully saturated rings. The Morgan fingerprint density at radius 1 is 1.33 bits per heavy atom. The lowest BCUT2D eigenvalue weighted by atomic mass is 10.3. The minimum absolute atomic E-state index is 0.827. The molecular formula is C13H23BrClN3. The summed E-state index contributed by atoms with van der Waals surface area (Å²) in [5, 5.41) is 6.29. The van der Waals surface area contributed by atoms with Crippen molar-refractivity contribution in [1.82, 2.24) is 14.7 Å². The molecule has 0 amide bonds. The van der Waals surface area contributed by atoms with Crippen LogP contribution in [0.4, 0.5) is 0 Å². The van der Waals surface area contributed by atoms with Crippen LogP contribution in [-0.2, 0) is 13.1 Å². The third-order valence-electron chi connectivity index (χ3n) is 3.05. The molecule has 5 heteroatoms. The molecule has 0 saturated heterocycles. The van der Waals surface area contributed by atoms with Gasteiger partial charge in [-0.3, -0.25) is 9.58 Å². The lowest BCUT2D eigenvalue weighted by Crippen LogP contribution is -2.27. The van der Waals surface area contributed by atoms with Crippen LogP contribution in [0.15, 0.2) is 0 Å². The lowest BCUT2D eigenvalue weighted by Gasteiger charge is -2.21. The van der Waals surface area contributed by atoms with Gasteiger partial charge in [-0.2, -0.15) is 5.10 Å². The fourth-order valence-corrected chi connectivity index (χ4v) is 2.70. The van der Waals surface area contributed by atoms with Gasteiger partial charge in [0.1, 0.15) is 0 Å². The first-order chi connectivity index (χ1) is 8.63. The Bertz CT molecular complexity index is 365. The van der Waals surface area contributed by atoms with E-state index in [9.17, 15) is 0 Å². The van der Waals surface area contributed by atoms with E-state index in [0.717, 1.165) is 47.9 Å². The molecule has 18 heavy (non-hydrogen) atoms. The summed E-state index contributed by atoms with van der Waals surface area (Å²) >= 11 is 9.87. The van der Waals surface area contributed by atoms with E-state index in [-0.39, 0.29) is 0 Å². The summed E-state index contributed by atoms with van der Waals surface area (Å²) in [4.78, 5) is 2.44. The number of aryl methyl sites for hydroxylation is 2. The van der Waals surface area contributed by atoms with Crippen molar-refractivity contribution in [2.45, 2.75) is 46.7 Å². The molecule has 0 N–H and O–H groups in total. The van der Waals surface area contributed by atoms with Crippen molar-refractivity contribution in [2.24, 2.45) is 0 Å². The highest BCUT2D eigenvalue weighted by atomic mass is 79.9. The molecule has 104 valence electrons. The highest BCUT2D eigenvalue weighted by Gasteiger charge is 2.15. The van der Waals surface area contributed by atoms with Gasteiger partial charge in [-0.1, -0.05) is 40.9 Å². The van der Waals surface area contributed by atoms with Gasteiger partial charge in [-0.05, 0) is 26.8 Å². The molecule has 0 saturated carbocycles. The van der Waals surface area contributed by atoms with Crippen molar-refractivity contribution < 1.29 is 0 Å². The van der Waals surface area contributed by atoms with Crippen LogP contribution in [0, 0.1) is 6.92 Å². The van der Waals surface area contributed by atoms with Crippen LogP contribution >= 0.6 is 27.5 Å². The van der Waals surface area contributed by atoms with E-state index in [2.05, 4.69) is 39.8 Å². The van der Waals surface area contributed by atoms with Crippen molar-refractivity contribution in [3.63, 3.8) is 0 Å². The first-order valence-electron chi connectivity index (χ1n) is 6.64. The van der Waals surface area contributed by atoms with Crippen LogP contribution < -0.4 is 0 Å². The van der Waals surface area contributed by atoms with Crippen molar-refractivity contribution in [3.8, 4) is 0 Å². The normalized spacial score (nSPS) is 11.4. The van der Waals surface area contributed by atoms with Gasteiger partial charge in [0.15, 0.2) is 0 Å². The van der Waals surface area contributed by atoms with Crippen molar-refractivity contribution >= 4 is 27.5 Å². The largest absolute Gasteiger partial charge is 0.297 e. The van der Waals surface area contributed by atoms with E-state index in [4.69, 9.17) is 11.6 Å². The SMILES string of the molecule is CCCCN(CCBr)Cc1c(Cl)c(C)nn1CC. The monoisotopic (exact) mass is 335 g/mol. The van der Waals surface area contributed by atoms with Gasteiger partial charge in [-0.25, -0.2) is 0 Å². The van der Waals surface area contributed by atoms with Gasteiger partial charge >= 0.3 is 0 Å². The molecule has 0 aliphatic rings. The number of rotatable bonds is 8. The maximum absolute atomic E-state index is 6.35. The van der Waals surface area contributed by atoms with Gasteiger partial charge < -0.3 is 0 Å². The quantitative estimate of drug-likeness (QED) is 0.672. The molecule has 0 unspecified atom stereocenters. The second-order valence-electron chi connectivity index (χ2n) is 4.48. The molecule has 0 spiro atoms. The lowest BCUT2D eigenvalue weighted by molar-refractivity contribution is 0.269. The average Bonchev–Trinajstić information content (AvgIpc) is 2.63. The molecule has 1 rings (SSSR count). The first-order valence-corrected chi connectivity index (χ1v) is 8.14. The zero-order valence-corrected chi connectivity index (χ0v) is 13.9. The summed E-state index contributed by atoms with van der Waals surface area (Å²) in [7, 11) is 0. The zero-order chi connectivity index (χ0) is 13.5. The van der Waals surface area contributed by atoms with Gasteiger partial charge in [0.05, 0.1) is 16.4 Å². The number of aromatic nitrogens is 2. The number of alkyl halides is 1. The summed E-state index contributed by atoms with van der Waals surface area (Å²) in [6.45, 7) is 10.2. The molecular weight excluding hydrogens is 314 g/mol. The Morgan fingerprint density at radius 3 is 2.61 bits per heavy atom. The predicted octanol–water partition coefficient (Wildman–Crippen LogP) is 3.86. The molecule has 1 aromatic rings. The van der Waals surface area contributed by atoms with Crippen LogP contribution in [0.2, 0.25) is 5.02 Å². The summed E-state index contributed by atoms with van der Waals surface area (Å²) in [5.41, 5.74) is 2.08. The fraction of sp³-hybridized carbons (Fsp3) is 0.769. The molecule has 0 aromatic carbocycles. The van der Waals surface area contributed by atoms with Crippen molar-refractivity contribution in [2.75, 3.05) is 18.4 Å². The Labute approximate surface area is 124 Å². The maximum atomic E-state index is 6.35. The van der Waals surface area contributed by atoms with Gasteiger partial charge in [0, 0.05) is 25.0 Å². The molecule has 0 atom stereocenters. The Morgan fingerprint density at radius 2 is 2.06 bits per heavy atom. The van der Waals surface area contributed by atoms with Crippen molar-refractivity contribution in [3.05, 3.63) is 16.4 Å². The van der Waals surface area contributed by atoms with Crippen LogP contribution in [0.1, 0.15) is 38.1 Å². The van der Waals surface area contributed by atoms with Gasteiger partial charge in [0.2, 0.25) is 0 Å². The highest BCUT2D eigenvalue weighted by molar-refractivity contribution is 9.09. The summed E-state index contributed by atoms with van der Waals surface area (Å²) in [5.74, 6) is 0. The molecule has 1 aromatic heterocycles. The zero-order valence-electron chi connectivity index (χ0n) is 11.5. The van der Waals surface area contributed by atoms with Crippen LogP contribution in [0.25, 0.3) is 0 Å². The fourth-order valence-electron chi connectivity index (χ4n) is 2.00. The summed E-state index contributed by atoms with van der Waals surface area (Å²) < 4.78 is 2.02. The minimum atomic E-state index is 0.827. The smallest absolute Gasteiger partial charge is 0.0860 e. The molecule has 0 bridgehead atoms. The third kappa shape index (κ3) is 4.25. The van der Waals surface area contributed by atoms with Crippen LogP contribution in [0.5, 0.6) is 0 Å². The summed E-state index contributed by atoms with van der Waals surface area (Å²) in [6, 6.07) is 0. The number of halogens is 2. The average molecular weight is 337 g/mol. The Hall–Kier alpha value is -0.0600. The van der Waals surface area contributed by atoms with Gasteiger partial charge in [0.25, 0.3) is 0 Å². The third-order valence-corrected chi connectivity index (χ3v) is 3.90. The summed E-state index contributed by atoms with van der Waals surface area (Å²) in [6.07, 6.45) is 2.45. The molecule has 1 heterocycles. The van der Waals surface area contributed by atoms with E-state index in [1.54, 1.807) is 0 Å². The van der Waals surface area contributed by atoms with E-state index in [0.29, 0.717) is 0 Å². The number of hydrogen-bond acceptors (Lipinski definition) is 2. The number of nitrogens with zero attached hydrogens (tertiary/aromatic N) is 3. The second kappa shape index (κ2) is 8.18. The first kappa shape index (κ1) is 16.0. The minimum Gasteiger partial charge on any atom is -0.297 e. The number of unbranched alkanes of at least 4 members (excludes halogenated alkanes) is 1. The van der Waals surface area contributed by atoms with Crippen LogP contribution in [-0.4, -0.2) is 33.1 Å². The Balaban J connectivity index is 2.78. The topological polar surface area (TPSA) is 21.1 Å². The van der Waals surface area contributed by atoms with E-state index in [1.807, 2.05) is 11.6 Å². The maximum Gasteiger partial charge on any atom is 0.0860 e.